The standard InChI is InChI=1S/C66H88N8O37S3.3Na/c1-27-48(83)53(88)54(89)62(105-27)109-58-47(74-60(91)35-21-42(82)73-65(94)72-35)61(107-39(26-77)56(58)108-63-55(90)59(50(85)38(25-76)106-63)111-66(64(92)93)22-36(79)44(70-28(2)78)57(110-66)49(84)37(80)24-75)104-15-8-6-4-3-5-7-12-41(81)67-13-14-68-45-46(52(87)51(45)86)71-31-11-9-10-29(16-31)23-69-34-19-32(112(95,96)97)17-30-18-33(113(98,99)100)20-40(43(30)34)114(101,102)103;;;/h9-11,16-21,27,36-39,44,47-50,53-59,61-63,68-69,71,75-77,79-80,83-85,88-90H,3-8,12-15,22-26H2,1-2H3,(H,67,81)(H,70,78)(H,74,91)(H,92,93)(H,95,96,97)(H,98,99,100)(H,101,102,103)(H2,72,73,82,94);;;/q;3*+1/p-3/t27-,36+,37+,38-,39-,44-,47-,48+,49-,50+,53+,54-,55-,56-,57-,58-,59+,61-,62+,63+,66+;;;/m1.../s1. The molecule has 3 amide bonds. The van der Waals surface area contributed by atoms with Gasteiger partial charge in [0.2, 0.25) is 11.8 Å². The van der Waals surface area contributed by atoms with Crippen molar-refractivity contribution in [3.05, 3.63) is 107 Å². The van der Waals surface area contributed by atoms with Gasteiger partial charge < -0.3 is 150 Å². The quantitative estimate of drug-likeness (QED) is 0.00760. The number of rotatable bonds is 37. The second-order valence-electron chi connectivity index (χ2n) is 27.2. The molecular weight excluding hydrogens is 1660 g/mol. The number of aliphatic carboxylic acids is 1. The SMILES string of the molecule is CC(=O)N[C@H]1[C@H]([C@H](O)[C@@H](O)CO)O[C@@](O[C@H]2[C@@H](O)[C@@H](CO)O[C@@H](O[C@H]3[C@H](O[C@@H]4O[C@H](C)[C@H](O)[C@H](O)[C@H]4O)[C@@H](NC(=O)c4cc(=O)[nH]c(=O)[nH]4)[C@H](OCCCCCCCCC(=O)NCCNc4c(Nc5cccc(CNc6cc(S(=O)(=O)[O-])cc7cc(S(=O)(=O)[O-])cc(S(=O)(=O)[O-])c67)c5)c(=O)c4=O)O[C@@H]3CO)[C@@H]2O)(C(=O)O)C[C@@H]1O.[Na+].[Na+].[Na+]. The van der Waals surface area contributed by atoms with E-state index in [1.807, 2.05) is 4.98 Å². The van der Waals surface area contributed by atoms with Gasteiger partial charge in [-0.15, -0.1) is 0 Å². The van der Waals surface area contributed by atoms with Gasteiger partial charge in [-0.3, -0.25) is 33.8 Å². The van der Waals surface area contributed by atoms with Crippen molar-refractivity contribution in [3.8, 4) is 0 Å². The molecule has 45 nitrogen and oxygen atoms in total. The minimum Gasteiger partial charge on any atom is -0.744 e. The number of aliphatic hydroxyl groups is 11. The van der Waals surface area contributed by atoms with Crippen LogP contribution in [0.3, 0.4) is 0 Å². The Hall–Kier alpha value is -5.07. The first kappa shape index (κ1) is 101. The molecule has 4 aliphatic heterocycles. The van der Waals surface area contributed by atoms with Gasteiger partial charge in [0.15, 0.2) is 18.9 Å². The Labute approximate surface area is 730 Å². The Morgan fingerprint density at radius 1 is 0.658 bits per heavy atom. The maximum absolute atomic E-state index is 14.2. The number of carboxylic acids is 1. The molecule has 0 bridgehead atoms. The summed E-state index contributed by atoms with van der Waals surface area (Å²) in [5.41, 5.74) is -4.88. The minimum atomic E-state index is -5.55. The average Bonchev–Trinajstić information content (AvgIpc) is 0.786. The first-order valence-electron chi connectivity index (χ1n) is 35.2. The van der Waals surface area contributed by atoms with E-state index in [0.29, 0.717) is 68.0 Å². The maximum Gasteiger partial charge on any atom is 1.00 e. The zero-order chi connectivity index (χ0) is 83.8. The number of aliphatic hydroxyl groups excluding tert-OH is 11. The largest absolute Gasteiger partial charge is 1.00 e. The van der Waals surface area contributed by atoms with E-state index >= 15 is 0 Å². The van der Waals surface area contributed by atoms with E-state index in [2.05, 4.69) is 36.9 Å². The number of fused-ring (bicyclic) bond motifs is 1. The van der Waals surface area contributed by atoms with Crippen molar-refractivity contribution < 1.29 is 246 Å². The number of aromatic nitrogens is 2. The Kier molecular flexibility index (Phi) is 37.3. The van der Waals surface area contributed by atoms with Gasteiger partial charge in [-0.05, 0) is 67.1 Å². The van der Waals surface area contributed by atoms with Crippen LogP contribution < -0.4 is 143 Å². The summed E-state index contributed by atoms with van der Waals surface area (Å²) < 4.78 is 157. The second kappa shape index (κ2) is 43.3. The summed E-state index contributed by atoms with van der Waals surface area (Å²) in [5, 5.41) is 146. The van der Waals surface area contributed by atoms with Crippen LogP contribution in [0.25, 0.3) is 10.8 Å². The Bertz CT molecular complexity index is 4800. The molecule has 4 aliphatic rings. The van der Waals surface area contributed by atoms with Gasteiger partial charge in [-0.1, -0.05) is 37.8 Å². The zero-order valence-electron chi connectivity index (χ0n) is 63.1. The van der Waals surface area contributed by atoms with Crippen LogP contribution in [0.15, 0.2) is 88.5 Å². The number of carbonyl (C=O) groups excluding carboxylic acids is 3. The van der Waals surface area contributed by atoms with Crippen molar-refractivity contribution in [2.45, 2.75) is 215 Å². The van der Waals surface area contributed by atoms with E-state index < -0.39 is 262 Å². The van der Waals surface area contributed by atoms with Gasteiger partial charge in [-0.2, -0.15) is 0 Å². The molecule has 51 heteroatoms. The molecule has 0 saturated carbocycles. The fourth-order valence-electron chi connectivity index (χ4n) is 13.3. The molecule has 0 spiro atoms. The van der Waals surface area contributed by atoms with E-state index in [-0.39, 0.29) is 151 Å². The third kappa shape index (κ3) is 24.9. The summed E-state index contributed by atoms with van der Waals surface area (Å²) in [6.45, 7) is -1.78. The first-order chi connectivity index (χ1) is 53.6. The van der Waals surface area contributed by atoms with E-state index in [1.54, 1.807) is 0 Å². The van der Waals surface area contributed by atoms with Crippen LogP contribution in [0.4, 0.5) is 22.7 Å². The van der Waals surface area contributed by atoms with Crippen LogP contribution in [-0.2, 0) is 89.2 Å². The summed E-state index contributed by atoms with van der Waals surface area (Å²) in [4.78, 5) is 104. The number of nitrogens with one attached hydrogen (secondary N) is 8. The molecule has 632 valence electrons. The fraction of sp³-hybridized carbons (Fsp3) is 0.576. The smallest absolute Gasteiger partial charge is 0.744 e. The number of carbonyl (C=O) groups is 4. The molecule has 9 rings (SSSR count). The molecule has 1 aromatic heterocycles. The number of benzene rings is 3. The van der Waals surface area contributed by atoms with Crippen LogP contribution >= 0.6 is 0 Å². The molecule has 0 unspecified atom stereocenters. The minimum absolute atomic E-state index is 0. The van der Waals surface area contributed by atoms with Crippen LogP contribution in [0.5, 0.6) is 0 Å². The maximum atomic E-state index is 14.2. The number of hydrogen-bond acceptors (Lipinski definition) is 39. The Morgan fingerprint density at radius 2 is 1.27 bits per heavy atom. The number of anilines is 4. The van der Waals surface area contributed by atoms with Gasteiger partial charge in [0.1, 0.15) is 133 Å². The number of aromatic amines is 2. The van der Waals surface area contributed by atoms with Crippen molar-refractivity contribution >= 4 is 87.6 Å². The van der Waals surface area contributed by atoms with Gasteiger partial charge in [0.05, 0.1) is 52.8 Å². The third-order valence-electron chi connectivity index (χ3n) is 19.1. The molecular formula is C66H85N8Na3O37S3. The monoisotopic (exact) mass is 1750 g/mol. The van der Waals surface area contributed by atoms with Crippen molar-refractivity contribution in [3.63, 3.8) is 0 Å². The van der Waals surface area contributed by atoms with E-state index in [4.69, 9.17) is 37.9 Å². The van der Waals surface area contributed by atoms with E-state index in [9.17, 15) is 139 Å². The van der Waals surface area contributed by atoms with Crippen LogP contribution in [0.2, 0.25) is 0 Å². The third-order valence-corrected chi connectivity index (χ3v) is 21.6. The number of hydrogen-bond donors (Lipinski definition) is 20. The van der Waals surface area contributed by atoms with E-state index in [1.165, 1.54) is 31.2 Å². The second-order valence-corrected chi connectivity index (χ2v) is 31.3. The average molecular weight is 1750 g/mol. The van der Waals surface area contributed by atoms with Gasteiger partial charge in [-0.25, -0.2) is 34.8 Å². The first-order valence-corrected chi connectivity index (χ1v) is 39.4. The fourth-order valence-corrected chi connectivity index (χ4v) is 15.2. The zero-order valence-corrected chi connectivity index (χ0v) is 71.6. The van der Waals surface area contributed by atoms with Gasteiger partial charge >= 0.3 is 100 Å². The van der Waals surface area contributed by atoms with Crippen molar-refractivity contribution in [2.24, 2.45) is 0 Å². The molecule has 5 heterocycles. The normalized spacial score (nSPS) is 28.0. The number of amides is 3. The Morgan fingerprint density at radius 3 is 1.89 bits per heavy atom. The molecule has 0 aliphatic carbocycles. The summed E-state index contributed by atoms with van der Waals surface area (Å²) in [7, 11) is -16.3. The van der Waals surface area contributed by atoms with Crippen molar-refractivity contribution in [1.82, 2.24) is 25.9 Å². The number of ether oxygens (including phenoxy) is 8. The molecule has 4 aromatic carbocycles. The topological polar surface area (TPSA) is 729 Å². The molecule has 20 N–H and O–H groups in total. The van der Waals surface area contributed by atoms with Crippen molar-refractivity contribution in [1.29, 1.82) is 0 Å². The van der Waals surface area contributed by atoms with Gasteiger partial charge in [0.25, 0.3) is 28.1 Å². The summed E-state index contributed by atoms with van der Waals surface area (Å²) in [6.07, 6.45) is -35.2. The predicted molar refractivity (Wildman–Crippen MR) is 378 cm³/mol. The Balaban J connectivity index is 0.00000709. The number of H-pyrrole nitrogens is 2. The summed E-state index contributed by atoms with van der Waals surface area (Å²) >= 11 is 0. The van der Waals surface area contributed by atoms with E-state index in [0.717, 1.165) is 6.92 Å². The van der Waals surface area contributed by atoms with Crippen LogP contribution in [0.1, 0.15) is 81.3 Å². The van der Waals surface area contributed by atoms with Crippen molar-refractivity contribution in [2.75, 3.05) is 55.5 Å². The van der Waals surface area contributed by atoms with Crippen LogP contribution in [-0.4, -0.2) is 302 Å². The number of unbranched alkanes of at least 4 members (excludes halogenated alkanes) is 5. The summed E-state index contributed by atoms with van der Waals surface area (Å²) in [6, 6.07) is 5.23. The molecule has 117 heavy (non-hydrogen) atoms. The van der Waals surface area contributed by atoms with Gasteiger partial charge in [0, 0.05) is 68.8 Å². The molecule has 4 fully saturated rings. The van der Waals surface area contributed by atoms with Crippen LogP contribution in [0, 0.1) is 0 Å². The molecule has 4 saturated heterocycles. The molecule has 21 atom stereocenters. The summed E-state index contributed by atoms with van der Waals surface area (Å²) in [5.74, 6) is -7.85. The molecule has 5 aromatic rings. The predicted octanol–water partition coefficient (Wildman–Crippen LogP) is -16.7. The molecule has 0 radical (unpaired) electrons. The number of carboxylic acid groups (broad SMARTS) is 1.